The number of nitrogens with one attached hydrogen (secondary N) is 1. The summed E-state index contributed by atoms with van der Waals surface area (Å²) < 4.78 is 48.2. The summed E-state index contributed by atoms with van der Waals surface area (Å²) >= 11 is 0. The number of aromatic nitrogens is 1. The number of carbonyl (C=O) groups is 1. The molecule has 0 unspecified atom stereocenters. The molecule has 0 aliphatic carbocycles. The molecule has 3 aromatic rings. The first-order valence-electron chi connectivity index (χ1n) is 6.27. The van der Waals surface area contributed by atoms with Crippen molar-refractivity contribution >= 4 is 17.1 Å². The number of alkyl halides is 3. The van der Waals surface area contributed by atoms with E-state index < -0.39 is 17.7 Å². The van der Waals surface area contributed by atoms with Crippen molar-refractivity contribution in [2.24, 2.45) is 0 Å². The zero-order valence-electron chi connectivity index (χ0n) is 11.3. The number of carbonyl (C=O) groups excluding carboxylic acids is 1. The van der Waals surface area contributed by atoms with Gasteiger partial charge in [-0.1, -0.05) is 12.1 Å². The summed E-state index contributed by atoms with van der Waals surface area (Å²) in [5.74, 6) is -0.268. The van der Waals surface area contributed by atoms with Gasteiger partial charge in [0.2, 0.25) is 0 Å². The number of ether oxygens (including phenoxy) is 1. The van der Waals surface area contributed by atoms with Crippen LogP contribution in [0.15, 0.2) is 40.8 Å². The van der Waals surface area contributed by atoms with Crippen LogP contribution < -0.4 is 0 Å². The number of esters is 1. The van der Waals surface area contributed by atoms with Crippen LogP contribution in [0.3, 0.4) is 0 Å². The van der Waals surface area contributed by atoms with Crippen LogP contribution in [-0.4, -0.2) is 18.1 Å². The zero-order chi connectivity index (χ0) is 15.9. The van der Waals surface area contributed by atoms with Gasteiger partial charge >= 0.3 is 12.1 Å². The molecule has 0 saturated heterocycles. The van der Waals surface area contributed by atoms with Crippen LogP contribution in [0.5, 0.6) is 0 Å². The lowest BCUT2D eigenvalue weighted by Crippen LogP contribution is -2.04. The van der Waals surface area contributed by atoms with E-state index in [1.54, 1.807) is 0 Å². The Morgan fingerprint density at radius 1 is 1.23 bits per heavy atom. The fourth-order valence-corrected chi connectivity index (χ4v) is 2.13. The maximum Gasteiger partial charge on any atom is 0.416 e. The molecule has 2 heterocycles. The Morgan fingerprint density at radius 2 is 2.00 bits per heavy atom. The summed E-state index contributed by atoms with van der Waals surface area (Å²) in [7, 11) is 1.25. The van der Waals surface area contributed by atoms with Crippen LogP contribution in [-0.2, 0) is 10.9 Å². The quantitative estimate of drug-likeness (QED) is 0.721. The number of hydrogen-bond donors (Lipinski definition) is 1. The van der Waals surface area contributed by atoms with E-state index in [0.29, 0.717) is 16.7 Å². The number of benzene rings is 1. The van der Waals surface area contributed by atoms with Crippen LogP contribution in [0.2, 0.25) is 0 Å². The SMILES string of the molecule is COC(=O)c1cc2oc(-c3cccc(C(F)(F)F)c3)cc2[nH]1. The maximum absolute atomic E-state index is 12.7. The van der Waals surface area contributed by atoms with Crippen molar-refractivity contribution in [1.82, 2.24) is 4.98 Å². The molecule has 0 atom stereocenters. The first kappa shape index (κ1) is 14.2. The Morgan fingerprint density at radius 3 is 2.64 bits per heavy atom. The Bertz CT molecular complexity index is 814. The minimum Gasteiger partial charge on any atom is -0.464 e. The van der Waals surface area contributed by atoms with Gasteiger partial charge in [0.25, 0.3) is 0 Å². The number of fused-ring (bicyclic) bond motifs is 1. The van der Waals surface area contributed by atoms with Gasteiger partial charge in [0, 0.05) is 17.7 Å². The number of aromatic amines is 1. The summed E-state index contributed by atoms with van der Waals surface area (Å²) in [6, 6.07) is 7.82. The van der Waals surface area contributed by atoms with Crippen molar-refractivity contribution in [2.75, 3.05) is 7.11 Å². The molecule has 22 heavy (non-hydrogen) atoms. The van der Waals surface area contributed by atoms with Crippen LogP contribution in [0.1, 0.15) is 16.1 Å². The lowest BCUT2D eigenvalue weighted by atomic mass is 10.1. The molecule has 0 fully saturated rings. The molecular formula is C15H10F3NO3. The first-order valence-corrected chi connectivity index (χ1v) is 6.27. The average Bonchev–Trinajstić information content (AvgIpc) is 3.04. The highest BCUT2D eigenvalue weighted by atomic mass is 19.4. The predicted molar refractivity (Wildman–Crippen MR) is 72.3 cm³/mol. The lowest BCUT2D eigenvalue weighted by Gasteiger charge is -2.07. The molecule has 0 radical (unpaired) electrons. The van der Waals surface area contributed by atoms with Gasteiger partial charge in [0.1, 0.15) is 11.5 Å². The summed E-state index contributed by atoms with van der Waals surface area (Å²) in [6.45, 7) is 0. The van der Waals surface area contributed by atoms with E-state index in [1.807, 2.05) is 0 Å². The smallest absolute Gasteiger partial charge is 0.416 e. The monoisotopic (exact) mass is 309 g/mol. The molecule has 0 spiro atoms. The van der Waals surface area contributed by atoms with Crippen LogP contribution in [0, 0.1) is 0 Å². The van der Waals surface area contributed by atoms with E-state index >= 15 is 0 Å². The molecule has 7 heteroatoms. The number of halogens is 3. The van der Waals surface area contributed by atoms with Gasteiger partial charge in [-0.2, -0.15) is 13.2 Å². The van der Waals surface area contributed by atoms with Gasteiger partial charge in [-0.15, -0.1) is 0 Å². The lowest BCUT2D eigenvalue weighted by molar-refractivity contribution is -0.137. The van der Waals surface area contributed by atoms with Crippen molar-refractivity contribution in [2.45, 2.75) is 6.18 Å². The van der Waals surface area contributed by atoms with E-state index in [-0.39, 0.29) is 11.5 Å². The van der Waals surface area contributed by atoms with E-state index in [9.17, 15) is 18.0 Å². The van der Waals surface area contributed by atoms with E-state index in [2.05, 4.69) is 9.72 Å². The van der Waals surface area contributed by atoms with Crippen molar-refractivity contribution < 1.29 is 27.1 Å². The second-order valence-electron chi connectivity index (χ2n) is 4.64. The number of hydrogen-bond acceptors (Lipinski definition) is 3. The Hall–Kier alpha value is -2.70. The molecular weight excluding hydrogens is 299 g/mol. The van der Waals surface area contributed by atoms with Crippen molar-refractivity contribution in [1.29, 1.82) is 0 Å². The average molecular weight is 309 g/mol. The highest BCUT2D eigenvalue weighted by Gasteiger charge is 2.30. The standard InChI is InChI=1S/C15H10F3NO3/c1-21-14(20)11-7-13-10(19-11)6-12(22-13)8-3-2-4-9(5-8)15(16,17)18/h2-7,19H,1H3. The third kappa shape index (κ3) is 2.45. The second kappa shape index (κ2) is 4.94. The minimum absolute atomic E-state index is 0.215. The van der Waals surface area contributed by atoms with Crippen molar-refractivity contribution in [3.63, 3.8) is 0 Å². The van der Waals surface area contributed by atoms with E-state index in [4.69, 9.17) is 4.42 Å². The molecule has 4 nitrogen and oxygen atoms in total. The van der Waals surface area contributed by atoms with E-state index in [1.165, 1.54) is 31.4 Å². The molecule has 3 rings (SSSR count). The number of rotatable bonds is 2. The summed E-state index contributed by atoms with van der Waals surface area (Å²) in [4.78, 5) is 14.2. The van der Waals surface area contributed by atoms with Crippen molar-refractivity contribution in [3.05, 3.63) is 47.7 Å². The Balaban J connectivity index is 2.00. The summed E-state index contributed by atoms with van der Waals surface area (Å²) in [5, 5.41) is 0. The molecule has 114 valence electrons. The molecule has 0 aliphatic rings. The van der Waals surface area contributed by atoms with Crippen LogP contribution >= 0.6 is 0 Å². The van der Waals surface area contributed by atoms with Crippen molar-refractivity contribution in [3.8, 4) is 11.3 Å². The van der Waals surface area contributed by atoms with Crippen LogP contribution in [0.4, 0.5) is 13.2 Å². The van der Waals surface area contributed by atoms with E-state index in [0.717, 1.165) is 12.1 Å². The molecule has 0 bridgehead atoms. The third-order valence-corrected chi connectivity index (χ3v) is 3.19. The summed E-state index contributed by atoms with van der Waals surface area (Å²) in [6.07, 6.45) is -4.42. The highest BCUT2D eigenvalue weighted by molar-refractivity contribution is 5.94. The number of methoxy groups -OCH3 is 1. The summed E-state index contributed by atoms with van der Waals surface area (Å²) in [5.41, 5.74) is 0.645. The van der Waals surface area contributed by atoms with Gasteiger partial charge in [-0.25, -0.2) is 4.79 Å². The molecule has 2 aromatic heterocycles. The minimum atomic E-state index is -4.42. The Labute approximate surface area is 122 Å². The third-order valence-electron chi connectivity index (χ3n) is 3.19. The van der Waals surface area contributed by atoms with Gasteiger partial charge in [0.05, 0.1) is 18.2 Å². The predicted octanol–water partition coefficient (Wildman–Crippen LogP) is 4.23. The van der Waals surface area contributed by atoms with Gasteiger partial charge in [-0.05, 0) is 12.1 Å². The fraction of sp³-hybridized carbons (Fsp3) is 0.133. The second-order valence-corrected chi connectivity index (χ2v) is 4.64. The molecule has 0 saturated carbocycles. The topological polar surface area (TPSA) is 55.2 Å². The highest BCUT2D eigenvalue weighted by Crippen LogP contribution is 2.34. The molecule has 1 N–H and O–H groups in total. The number of furan rings is 1. The van der Waals surface area contributed by atoms with Gasteiger partial charge in [0.15, 0.2) is 5.58 Å². The maximum atomic E-state index is 12.7. The molecule has 0 amide bonds. The first-order chi connectivity index (χ1) is 10.4. The number of H-pyrrole nitrogens is 1. The normalized spacial score (nSPS) is 11.8. The van der Waals surface area contributed by atoms with Gasteiger partial charge < -0.3 is 14.1 Å². The Kier molecular flexibility index (Phi) is 3.20. The fourth-order valence-electron chi connectivity index (χ4n) is 2.13. The molecule has 0 aliphatic heterocycles. The molecule has 1 aromatic carbocycles. The zero-order valence-corrected chi connectivity index (χ0v) is 11.3. The van der Waals surface area contributed by atoms with Crippen LogP contribution in [0.25, 0.3) is 22.4 Å². The largest absolute Gasteiger partial charge is 0.464 e. The van der Waals surface area contributed by atoms with Gasteiger partial charge in [-0.3, -0.25) is 0 Å².